The van der Waals surface area contributed by atoms with Crippen molar-refractivity contribution in [3.63, 3.8) is 0 Å². The molecular weight excluding hydrogens is 412 g/mol. The van der Waals surface area contributed by atoms with Gasteiger partial charge in [0, 0.05) is 12.6 Å². The second kappa shape index (κ2) is 8.65. The minimum atomic E-state index is -0.436. The van der Waals surface area contributed by atoms with Crippen molar-refractivity contribution >= 4 is 51.3 Å². The summed E-state index contributed by atoms with van der Waals surface area (Å²) < 4.78 is 10.3. The maximum absolute atomic E-state index is 12.9. The molecule has 1 aliphatic rings. The summed E-state index contributed by atoms with van der Waals surface area (Å²) in [6.07, 6.45) is 1.85. The smallest absolute Gasteiger partial charge is 0.337 e. The second-order valence-corrected chi connectivity index (χ2v) is 7.82. The van der Waals surface area contributed by atoms with E-state index in [2.05, 4.69) is 4.99 Å². The molecule has 0 N–H and O–H groups in total. The molecule has 0 atom stereocenters. The van der Waals surface area contributed by atoms with E-state index < -0.39 is 5.97 Å². The van der Waals surface area contributed by atoms with E-state index in [1.807, 2.05) is 42.5 Å². The van der Waals surface area contributed by atoms with Gasteiger partial charge < -0.3 is 9.47 Å². The number of benzene rings is 3. The summed E-state index contributed by atoms with van der Waals surface area (Å²) >= 11 is 1.28. The van der Waals surface area contributed by atoms with Gasteiger partial charge in [-0.1, -0.05) is 36.4 Å². The molecule has 0 unspecified atom stereocenters. The van der Waals surface area contributed by atoms with Crippen molar-refractivity contribution in [2.75, 3.05) is 21.3 Å². The molecular formula is C24H20N2O4S. The molecule has 31 heavy (non-hydrogen) atoms. The average molecular weight is 433 g/mol. The van der Waals surface area contributed by atoms with Crippen molar-refractivity contribution in [2.45, 2.75) is 0 Å². The van der Waals surface area contributed by atoms with Gasteiger partial charge in [0.2, 0.25) is 0 Å². The summed E-state index contributed by atoms with van der Waals surface area (Å²) in [5.74, 6) is 0.107. The molecule has 4 rings (SSSR count). The van der Waals surface area contributed by atoms with Gasteiger partial charge in [-0.2, -0.15) is 0 Å². The number of nitrogens with zero attached hydrogens (tertiary/aromatic N) is 2. The number of carbonyl (C=O) groups excluding carboxylic acids is 2. The van der Waals surface area contributed by atoms with Crippen LogP contribution in [0.1, 0.15) is 15.9 Å². The third-order valence-electron chi connectivity index (χ3n) is 4.92. The maximum atomic E-state index is 12.9. The number of aliphatic imine (C=N–C) groups is 1. The van der Waals surface area contributed by atoms with Crippen LogP contribution in [0.2, 0.25) is 0 Å². The number of ether oxygens (including phenoxy) is 2. The molecule has 156 valence electrons. The lowest BCUT2D eigenvalue weighted by Gasteiger charge is -2.09. The fourth-order valence-corrected chi connectivity index (χ4v) is 4.28. The molecule has 1 aliphatic heterocycles. The van der Waals surface area contributed by atoms with Crippen LogP contribution < -0.4 is 4.74 Å². The van der Waals surface area contributed by atoms with Gasteiger partial charge in [0.1, 0.15) is 5.75 Å². The number of methoxy groups -OCH3 is 2. The SMILES string of the molecule is COC(=O)c1cccc(N=C2SC(=Cc3c(OC)ccc4ccccc34)C(=O)N2C)c1. The van der Waals surface area contributed by atoms with Gasteiger partial charge in [-0.05, 0) is 52.9 Å². The van der Waals surface area contributed by atoms with Crippen LogP contribution in [0.5, 0.6) is 5.75 Å². The lowest BCUT2D eigenvalue weighted by Crippen LogP contribution is -2.23. The van der Waals surface area contributed by atoms with E-state index in [9.17, 15) is 9.59 Å². The summed E-state index contributed by atoms with van der Waals surface area (Å²) in [6, 6.07) is 18.6. The minimum Gasteiger partial charge on any atom is -0.496 e. The standard InChI is InChI=1S/C24H20N2O4S/c1-26-22(27)21(14-19-18-10-5-4-7-15(18)11-12-20(19)29-2)31-24(26)25-17-9-6-8-16(13-17)23(28)30-3/h4-14H,1-3H3. The number of hydrogen-bond donors (Lipinski definition) is 0. The first-order valence-electron chi connectivity index (χ1n) is 9.52. The summed E-state index contributed by atoms with van der Waals surface area (Å²) in [5.41, 5.74) is 1.81. The molecule has 0 saturated carbocycles. The van der Waals surface area contributed by atoms with Crippen LogP contribution >= 0.6 is 11.8 Å². The summed E-state index contributed by atoms with van der Waals surface area (Å²) in [6.45, 7) is 0. The van der Waals surface area contributed by atoms with Crippen molar-refractivity contribution in [3.05, 3.63) is 76.7 Å². The molecule has 1 saturated heterocycles. The van der Waals surface area contributed by atoms with E-state index in [1.54, 1.807) is 38.4 Å². The zero-order chi connectivity index (χ0) is 22.0. The first-order chi connectivity index (χ1) is 15.0. The Balaban J connectivity index is 1.73. The molecule has 0 bridgehead atoms. The van der Waals surface area contributed by atoms with Crippen LogP contribution in [0.15, 0.2) is 70.6 Å². The molecule has 7 heteroatoms. The Morgan fingerprint density at radius 2 is 1.87 bits per heavy atom. The molecule has 0 aliphatic carbocycles. The van der Waals surface area contributed by atoms with Crippen molar-refractivity contribution in [2.24, 2.45) is 4.99 Å². The largest absolute Gasteiger partial charge is 0.496 e. The van der Waals surface area contributed by atoms with Gasteiger partial charge in [-0.15, -0.1) is 0 Å². The third-order valence-corrected chi connectivity index (χ3v) is 5.98. The van der Waals surface area contributed by atoms with E-state index in [1.165, 1.54) is 23.8 Å². The van der Waals surface area contributed by atoms with E-state index >= 15 is 0 Å². The van der Waals surface area contributed by atoms with Gasteiger partial charge in [0.15, 0.2) is 5.17 Å². The van der Waals surface area contributed by atoms with Gasteiger partial charge in [-0.3, -0.25) is 9.69 Å². The molecule has 3 aromatic carbocycles. The number of thioether (sulfide) groups is 1. The highest BCUT2D eigenvalue weighted by Gasteiger charge is 2.31. The quantitative estimate of drug-likeness (QED) is 0.435. The number of hydrogen-bond acceptors (Lipinski definition) is 6. The predicted molar refractivity (Wildman–Crippen MR) is 124 cm³/mol. The second-order valence-electron chi connectivity index (χ2n) is 6.81. The average Bonchev–Trinajstić information content (AvgIpc) is 3.06. The van der Waals surface area contributed by atoms with E-state index in [0.717, 1.165) is 16.3 Å². The third kappa shape index (κ3) is 4.04. The van der Waals surface area contributed by atoms with Crippen LogP contribution in [0, 0.1) is 0 Å². The molecule has 0 radical (unpaired) electrons. The maximum Gasteiger partial charge on any atom is 0.337 e. The topological polar surface area (TPSA) is 68.2 Å². The van der Waals surface area contributed by atoms with Gasteiger partial charge in [-0.25, -0.2) is 9.79 Å². The lowest BCUT2D eigenvalue weighted by atomic mass is 10.0. The fraction of sp³-hybridized carbons (Fsp3) is 0.125. The molecule has 1 amide bonds. The Kier molecular flexibility index (Phi) is 5.77. The Labute approximate surface area is 184 Å². The van der Waals surface area contributed by atoms with E-state index in [0.29, 0.717) is 27.1 Å². The monoisotopic (exact) mass is 432 g/mol. The highest BCUT2D eigenvalue weighted by molar-refractivity contribution is 8.18. The summed E-state index contributed by atoms with van der Waals surface area (Å²) in [4.78, 5) is 31.3. The number of esters is 1. The molecule has 0 aromatic heterocycles. The lowest BCUT2D eigenvalue weighted by molar-refractivity contribution is -0.121. The predicted octanol–water partition coefficient (Wildman–Crippen LogP) is 4.87. The number of carbonyl (C=O) groups is 2. The number of fused-ring (bicyclic) bond motifs is 1. The summed E-state index contributed by atoms with van der Waals surface area (Å²) in [5, 5.41) is 2.59. The molecule has 0 spiro atoms. The minimum absolute atomic E-state index is 0.150. The highest BCUT2D eigenvalue weighted by Crippen LogP contribution is 2.37. The van der Waals surface area contributed by atoms with E-state index in [-0.39, 0.29) is 5.91 Å². The van der Waals surface area contributed by atoms with Crippen LogP contribution in [-0.4, -0.2) is 43.2 Å². The fourth-order valence-electron chi connectivity index (χ4n) is 3.32. The van der Waals surface area contributed by atoms with Crippen molar-refractivity contribution in [1.82, 2.24) is 4.90 Å². The van der Waals surface area contributed by atoms with E-state index in [4.69, 9.17) is 9.47 Å². The molecule has 6 nitrogen and oxygen atoms in total. The number of likely N-dealkylation sites (N-methyl/N-ethyl adjacent to an activating group) is 1. The van der Waals surface area contributed by atoms with Gasteiger partial charge in [0.05, 0.1) is 30.4 Å². The number of amidine groups is 1. The zero-order valence-electron chi connectivity index (χ0n) is 17.3. The Morgan fingerprint density at radius 3 is 2.65 bits per heavy atom. The Morgan fingerprint density at radius 1 is 1.06 bits per heavy atom. The van der Waals surface area contributed by atoms with Crippen molar-refractivity contribution in [3.8, 4) is 5.75 Å². The van der Waals surface area contributed by atoms with Crippen LogP contribution in [0.3, 0.4) is 0 Å². The number of rotatable bonds is 4. The first-order valence-corrected chi connectivity index (χ1v) is 10.3. The number of amides is 1. The Bertz CT molecular complexity index is 1250. The summed E-state index contributed by atoms with van der Waals surface area (Å²) in [7, 11) is 4.63. The zero-order valence-corrected chi connectivity index (χ0v) is 18.1. The van der Waals surface area contributed by atoms with Crippen molar-refractivity contribution in [1.29, 1.82) is 0 Å². The van der Waals surface area contributed by atoms with Gasteiger partial charge in [0.25, 0.3) is 5.91 Å². The van der Waals surface area contributed by atoms with Crippen molar-refractivity contribution < 1.29 is 19.1 Å². The van der Waals surface area contributed by atoms with Crippen LogP contribution in [-0.2, 0) is 9.53 Å². The van der Waals surface area contributed by atoms with Crippen LogP contribution in [0.4, 0.5) is 5.69 Å². The molecule has 1 heterocycles. The van der Waals surface area contributed by atoms with Crippen LogP contribution in [0.25, 0.3) is 16.8 Å². The van der Waals surface area contributed by atoms with Gasteiger partial charge >= 0.3 is 5.97 Å². The molecule has 3 aromatic rings. The Hall–Kier alpha value is -3.58. The first kappa shape index (κ1) is 20.7. The highest BCUT2D eigenvalue weighted by atomic mass is 32.2. The molecule has 1 fully saturated rings. The normalized spacial score (nSPS) is 16.4.